The third-order valence-electron chi connectivity index (χ3n) is 2.59. The molecule has 1 saturated heterocycles. The van der Waals surface area contributed by atoms with Crippen LogP contribution in [0.4, 0.5) is 0 Å². The summed E-state index contributed by atoms with van der Waals surface area (Å²) in [6, 6.07) is 10.8. The van der Waals surface area contributed by atoms with E-state index in [0.717, 1.165) is 18.1 Å². The van der Waals surface area contributed by atoms with Crippen LogP contribution >= 0.6 is 11.8 Å². The second-order valence-corrected chi connectivity index (χ2v) is 4.77. The highest BCUT2D eigenvalue weighted by molar-refractivity contribution is 7.99. The van der Waals surface area contributed by atoms with Crippen molar-refractivity contribution >= 4 is 11.8 Å². The molecule has 3 heteroatoms. The van der Waals surface area contributed by atoms with Crippen molar-refractivity contribution in [1.29, 1.82) is 0 Å². The lowest BCUT2D eigenvalue weighted by Crippen LogP contribution is -2.91. The van der Waals surface area contributed by atoms with Crippen LogP contribution in [0.2, 0.25) is 0 Å². The summed E-state index contributed by atoms with van der Waals surface area (Å²) >= 11 is 1.84. The van der Waals surface area contributed by atoms with Gasteiger partial charge in [-0.3, -0.25) is 0 Å². The average Bonchev–Trinajstić information content (AvgIpc) is 2.63. The predicted octanol–water partition coefficient (Wildman–Crippen LogP) is 0.226. The summed E-state index contributed by atoms with van der Waals surface area (Å²) in [6.45, 7) is 0.975. The highest BCUT2D eigenvalue weighted by Gasteiger charge is 2.28. The number of thioether (sulfide) groups is 1. The second-order valence-electron chi connectivity index (χ2n) is 3.69. The zero-order chi connectivity index (χ0) is 9.80. The van der Waals surface area contributed by atoms with E-state index in [-0.39, 0.29) is 6.10 Å². The maximum absolute atomic E-state index is 9.61. The topological polar surface area (TPSA) is 36.8 Å². The molecule has 1 aliphatic heterocycles. The van der Waals surface area contributed by atoms with E-state index >= 15 is 0 Å². The summed E-state index contributed by atoms with van der Waals surface area (Å²) in [5.41, 5.74) is 1.33. The lowest BCUT2D eigenvalue weighted by Gasteiger charge is -2.11. The first-order valence-electron chi connectivity index (χ1n) is 4.99. The Hall–Kier alpha value is -0.510. The normalized spacial score (nSPS) is 26.6. The fourth-order valence-corrected chi connectivity index (χ4v) is 2.94. The first-order valence-corrected chi connectivity index (χ1v) is 6.15. The van der Waals surface area contributed by atoms with E-state index in [1.807, 2.05) is 17.8 Å². The molecule has 0 unspecified atom stereocenters. The standard InChI is InChI=1S/C11H15NOS/c13-11-8-14-7-10(11)12-6-9-4-2-1-3-5-9/h1-5,10-13H,6-8H2/p+1/t10-,11-/m1/s1. The van der Waals surface area contributed by atoms with E-state index in [1.165, 1.54) is 5.56 Å². The number of aliphatic hydroxyl groups excluding tert-OH is 1. The van der Waals surface area contributed by atoms with E-state index in [1.54, 1.807) is 0 Å². The van der Waals surface area contributed by atoms with Gasteiger partial charge in [0.2, 0.25) is 0 Å². The summed E-state index contributed by atoms with van der Waals surface area (Å²) in [5.74, 6) is 1.98. The van der Waals surface area contributed by atoms with Crippen LogP contribution in [0.5, 0.6) is 0 Å². The Labute approximate surface area is 88.7 Å². The third kappa shape index (κ3) is 2.50. The van der Waals surface area contributed by atoms with Crippen LogP contribution in [-0.4, -0.2) is 28.8 Å². The van der Waals surface area contributed by atoms with Crippen LogP contribution in [0, 0.1) is 0 Å². The molecular weight excluding hydrogens is 194 g/mol. The number of hydrogen-bond acceptors (Lipinski definition) is 2. The monoisotopic (exact) mass is 210 g/mol. The molecule has 3 N–H and O–H groups in total. The summed E-state index contributed by atoms with van der Waals surface area (Å²) in [5, 5.41) is 11.9. The molecule has 1 heterocycles. The minimum Gasteiger partial charge on any atom is -0.386 e. The summed E-state index contributed by atoms with van der Waals surface area (Å²) in [4.78, 5) is 0. The maximum atomic E-state index is 9.61. The molecule has 0 aliphatic carbocycles. The first-order chi connectivity index (χ1) is 6.86. The molecule has 0 saturated carbocycles. The summed E-state index contributed by atoms with van der Waals surface area (Å²) < 4.78 is 0. The molecule has 0 spiro atoms. The smallest absolute Gasteiger partial charge is 0.122 e. The van der Waals surface area contributed by atoms with E-state index in [0.29, 0.717) is 6.04 Å². The van der Waals surface area contributed by atoms with Gasteiger partial charge in [-0.2, -0.15) is 11.8 Å². The molecule has 0 amide bonds. The van der Waals surface area contributed by atoms with E-state index in [2.05, 4.69) is 29.6 Å². The molecule has 14 heavy (non-hydrogen) atoms. The van der Waals surface area contributed by atoms with Gasteiger partial charge in [-0.25, -0.2) is 0 Å². The lowest BCUT2D eigenvalue weighted by atomic mass is 10.2. The molecule has 1 aromatic carbocycles. The molecule has 2 rings (SSSR count). The number of nitrogens with two attached hydrogens (primary N) is 1. The van der Waals surface area contributed by atoms with Crippen molar-refractivity contribution in [3.63, 3.8) is 0 Å². The minimum atomic E-state index is -0.122. The van der Waals surface area contributed by atoms with Gasteiger partial charge in [0.15, 0.2) is 0 Å². The highest BCUT2D eigenvalue weighted by atomic mass is 32.2. The number of hydrogen-bond donors (Lipinski definition) is 2. The van der Waals surface area contributed by atoms with Crippen LogP contribution in [0.1, 0.15) is 5.56 Å². The van der Waals surface area contributed by atoms with Crippen molar-refractivity contribution in [3.05, 3.63) is 35.9 Å². The van der Waals surface area contributed by atoms with Crippen molar-refractivity contribution in [2.45, 2.75) is 18.7 Å². The van der Waals surface area contributed by atoms with Crippen molar-refractivity contribution in [3.8, 4) is 0 Å². The highest BCUT2D eigenvalue weighted by Crippen LogP contribution is 2.15. The second kappa shape index (κ2) is 4.82. The summed E-state index contributed by atoms with van der Waals surface area (Å²) in [6.07, 6.45) is -0.122. The summed E-state index contributed by atoms with van der Waals surface area (Å²) in [7, 11) is 0. The Kier molecular flexibility index (Phi) is 3.45. The molecule has 2 nitrogen and oxygen atoms in total. The van der Waals surface area contributed by atoms with Crippen LogP contribution in [-0.2, 0) is 6.54 Å². The van der Waals surface area contributed by atoms with Crippen LogP contribution in [0.25, 0.3) is 0 Å². The Balaban J connectivity index is 1.82. The zero-order valence-electron chi connectivity index (χ0n) is 8.10. The number of aliphatic hydroxyl groups is 1. The molecule has 0 bridgehead atoms. The Bertz CT molecular complexity index is 278. The third-order valence-corrected chi connectivity index (χ3v) is 3.79. The molecule has 76 valence electrons. The first kappa shape index (κ1) is 10.0. The van der Waals surface area contributed by atoms with Gasteiger partial charge in [-0.15, -0.1) is 0 Å². The number of quaternary nitrogens is 1. The molecule has 2 atom stereocenters. The molecule has 1 aromatic rings. The molecule has 1 fully saturated rings. The van der Waals surface area contributed by atoms with Gasteiger partial charge in [-0.1, -0.05) is 30.3 Å². The largest absolute Gasteiger partial charge is 0.386 e. The SMILES string of the molecule is O[C@@H]1CSC[C@H]1[NH2+]Cc1ccccc1. The fraction of sp³-hybridized carbons (Fsp3) is 0.455. The van der Waals surface area contributed by atoms with Gasteiger partial charge in [0, 0.05) is 17.1 Å². The van der Waals surface area contributed by atoms with Crippen molar-refractivity contribution in [1.82, 2.24) is 0 Å². The molecule has 0 aromatic heterocycles. The van der Waals surface area contributed by atoms with Crippen molar-refractivity contribution in [2.75, 3.05) is 11.5 Å². The Morgan fingerprint density at radius 1 is 1.29 bits per heavy atom. The molecule has 0 radical (unpaired) electrons. The van der Waals surface area contributed by atoms with Gasteiger partial charge < -0.3 is 10.4 Å². The quantitative estimate of drug-likeness (QED) is 0.749. The average molecular weight is 210 g/mol. The molecule has 1 aliphatic rings. The van der Waals surface area contributed by atoms with Crippen LogP contribution < -0.4 is 5.32 Å². The van der Waals surface area contributed by atoms with Gasteiger partial charge in [0.1, 0.15) is 18.7 Å². The Morgan fingerprint density at radius 3 is 2.71 bits per heavy atom. The number of rotatable bonds is 3. The van der Waals surface area contributed by atoms with Gasteiger partial charge in [0.05, 0.1) is 0 Å². The van der Waals surface area contributed by atoms with E-state index in [9.17, 15) is 5.11 Å². The Morgan fingerprint density at radius 2 is 2.07 bits per heavy atom. The number of benzene rings is 1. The van der Waals surface area contributed by atoms with Crippen LogP contribution in [0.15, 0.2) is 30.3 Å². The predicted molar refractivity (Wildman–Crippen MR) is 59.2 cm³/mol. The molecular formula is C11H16NOS+. The van der Waals surface area contributed by atoms with Crippen molar-refractivity contribution in [2.24, 2.45) is 0 Å². The van der Waals surface area contributed by atoms with Crippen molar-refractivity contribution < 1.29 is 10.4 Å². The van der Waals surface area contributed by atoms with Gasteiger partial charge in [0.25, 0.3) is 0 Å². The van der Waals surface area contributed by atoms with Crippen LogP contribution in [0.3, 0.4) is 0 Å². The van der Waals surface area contributed by atoms with Gasteiger partial charge in [-0.05, 0) is 0 Å². The van der Waals surface area contributed by atoms with E-state index < -0.39 is 0 Å². The fourth-order valence-electron chi connectivity index (χ4n) is 1.69. The lowest BCUT2D eigenvalue weighted by molar-refractivity contribution is -0.705. The van der Waals surface area contributed by atoms with Gasteiger partial charge >= 0.3 is 0 Å². The van der Waals surface area contributed by atoms with E-state index in [4.69, 9.17) is 0 Å². The maximum Gasteiger partial charge on any atom is 0.122 e. The minimum absolute atomic E-state index is 0.122. The zero-order valence-corrected chi connectivity index (χ0v) is 8.91.